The Morgan fingerprint density at radius 1 is 1.20 bits per heavy atom. The highest BCUT2D eigenvalue weighted by Gasteiger charge is 2.17. The Morgan fingerprint density at radius 2 is 1.90 bits per heavy atom. The maximum atomic E-state index is 13.7. The van der Waals surface area contributed by atoms with Crippen LogP contribution in [0.15, 0.2) is 35.5 Å². The van der Waals surface area contributed by atoms with E-state index in [2.05, 4.69) is 20.7 Å². The zero-order valence-electron chi connectivity index (χ0n) is 17.3. The van der Waals surface area contributed by atoms with Crippen LogP contribution in [0, 0.1) is 5.82 Å². The Hall–Kier alpha value is -1.69. The standard InChI is InChI=1S/C20H28FN5O2S.HI/c1-22-20(24-13-18-9-10-26(25-18)19-5-3-4-6-19)23-12-16-11-17(21)8-7-15(16)14-29(2,27)28;/h7-11,19H,3-6,12-14H2,1-2H3,(H2,22,23,24);1H. The van der Waals surface area contributed by atoms with Gasteiger partial charge in [-0.3, -0.25) is 9.67 Å². The normalized spacial score (nSPS) is 15.1. The Bertz CT molecular complexity index is 971. The van der Waals surface area contributed by atoms with Crippen molar-refractivity contribution in [2.75, 3.05) is 13.3 Å². The third kappa shape index (κ3) is 7.22. The Morgan fingerprint density at radius 3 is 2.57 bits per heavy atom. The fraction of sp³-hybridized carbons (Fsp3) is 0.500. The number of rotatable bonds is 7. The average Bonchev–Trinajstić information content (AvgIpc) is 3.34. The molecule has 0 amide bonds. The maximum absolute atomic E-state index is 13.7. The Kier molecular flexibility index (Phi) is 9.08. The SMILES string of the molecule is CN=C(NCc1ccn(C2CCCC2)n1)NCc1cc(F)ccc1CS(C)(=O)=O.I. The van der Waals surface area contributed by atoms with E-state index in [0.717, 1.165) is 5.69 Å². The predicted octanol–water partition coefficient (Wildman–Crippen LogP) is 3.17. The lowest BCUT2D eigenvalue weighted by atomic mass is 10.1. The third-order valence-electron chi connectivity index (χ3n) is 5.06. The molecule has 30 heavy (non-hydrogen) atoms. The van der Waals surface area contributed by atoms with E-state index in [-0.39, 0.29) is 36.3 Å². The molecule has 0 bridgehead atoms. The minimum atomic E-state index is -3.21. The smallest absolute Gasteiger partial charge is 0.191 e. The zero-order chi connectivity index (χ0) is 20.9. The molecule has 1 fully saturated rings. The van der Waals surface area contributed by atoms with E-state index in [1.165, 1.54) is 50.1 Å². The molecule has 10 heteroatoms. The molecule has 3 rings (SSSR count). The van der Waals surface area contributed by atoms with Crippen molar-refractivity contribution < 1.29 is 12.8 Å². The lowest BCUT2D eigenvalue weighted by Crippen LogP contribution is -2.36. The van der Waals surface area contributed by atoms with Gasteiger partial charge in [-0.1, -0.05) is 18.9 Å². The minimum Gasteiger partial charge on any atom is -0.352 e. The van der Waals surface area contributed by atoms with Crippen LogP contribution in [-0.2, 0) is 28.7 Å². The van der Waals surface area contributed by atoms with Crippen LogP contribution in [-0.4, -0.2) is 37.5 Å². The molecule has 0 spiro atoms. The molecule has 1 saturated carbocycles. The average molecular weight is 549 g/mol. The molecule has 0 atom stereocenters. The molecule has 166 valence electrons. The van der Waals surface area contributed by atoms with Crippen LogP contribution in [0.25, 0.3) is 0 Å². The molecule has 2 N–H and O–H groups in total. The van der Waals surface area contributed by atoms with Crippen LogP contribution in [0.2, 0.25) is 0 Å². The van der Waals surface area contributed by atoms with E-state index in [1.807, 2.05) is 16.9 Å². The van der Waals surface area contributed by atoms with Crippen LogP contribution in [0.1, 0.15) is 48.5 Å². The van der Waals surface area contributed by atoms with Gasteiger partial charge in [0.2, 0.25) is 0 Å². The summed E-state index contributed by atoms with van der Waals surface area (Å²) in [6.07, 6.45) is 8.07. The number of nitrogens with one attached hydrogen (secondary N) is 2. The van der Waals surface area contributed by atoms with E-state index < -0.39 is 15.7 Å². The van der Waals surface area contributed by atoms with Crippen LogP contribution >= 0.6 is 24.0 Å². The third-order valence-corrected chi connectivity index (χ3v) is 5.89. The fourth-order valence-corrected chi connectivity index (χ4v) is 4.45. The molecule has 1 aromatic carbocycles. The van der Waals surface area contributed by atoms with Gasteiger partial charge in [0, 0.05) is 26.0 Å². The first-order chi connectivity index (χ1) is 13.8. The summed E-state index contributed by atoms with van der Waals surface area (Å²) in [5.41, 5.74) is 2.08. The molecule has 0 saturated heterocycles. The number of hydrogen-bond donors (Lipinski definition) is 2. The second-order valence-corrected chi connectivity index (χ2v) is 9.63. The van der Waals surface area contributed by atoms with Gasteiger partial charge in [0.25, 0.3) is 0 Å². The molecule has 0 radical (unpaired) electrons. The molecule has 7 nitrogen and oxygen atoms in total. The molecule has 0 aliphatic heterocycles. The number of benzene rings is 1. The van der Waals surface area contributed by atoms with E-state index in [0.29, 0.717) is 29.7 Å². The van der Waals surface area contributed by atoms with Gasteiger partial charge in [-0.25, -0.2) is 12.8 Å². The van der Waals surface area contributed by atoms with Crippen molar-refractivity contribution in [1.29, 1.82) is 0 Å². The van der Waals surface area contributed by atoms with Crippen molar-refractivity contribution in [2.45, 2.75) is 50.6 Å². The fourth-order valence-electron chi connectivity index (χ4n) is 3.60. The van der Waals surface area contributed by atoms with Crippen LogP contribution in [0.3, 0.4) is 0 Å². The summed E-state index contributed by atoms with van der Waals surface area (Å²) in [5, 5.41) is 10.9. The van der Waals surface area contributed by atoms with Gasteiger partial charge < -0.3 is 10.6 Å². The number of aliphatic imine (C=N–C) groups is 1. The van der Waals surface area contributed by atoms with Gasteiger partial charge in [0.15, 0.2) is 15.8 Å². The van der Waals surface area contributed by atoms with Gasteiger partial charge >= 0.3 is 0 Å². The lowest BCUT2D eigenvalue weighted by Gasteiger charge is -2.14. The summed E-state index contributed by atoms with van der Waals surface area (Å²) >= 11 is 0. The van der Waals surface area contributed by atoms with Gasteiger partial charge in [-0.05, 0) is 42.2 Å². The number of sulfone groups is 1. The van der Waals surface area contributed by atoms with Crippen molar-refractivity contribution >= 4 is 39.8 Å². The Labute approximate surface area is 194 Å². The first-order valence-electron chi connectivity index (χ1n) is 9.77. The van der Waals surface area contributed by atoms with Crippen LogP contribution in [0.4, 0.5) is 4.39 Å². The number of hydrogen-bond acceptors (Lipinski definition) is 4. The predicted molar refractivity (Wildman–Crippen MR) is 127 cm³/mol. The van der Waals surface area contributed by atoms with E-state index in [1.54, 1.807) is 7.05 Å². The topological polar surface area (TPSA) is 88.4 Å². The van der Waals surface area contributed by atoms with E-state index in [4.69, 9.17) is 0 Å². The van der Waals surface area contributed by atoms with Gasteiger partial charge in [-0.15, -0.1) is 24.0 Å². The second-order valence-electron chi connectivity index (χ2n) is 7.49. The van der Waals surface area contributed by atoms with Crippen LogP contribution in [0.5, 0.6) is 0 Å². The van der Waals surface area contributed by atoms with Crippen molar-refractivity contribution in [3.63, 3.8) is 0 Å². The summed E-state index contributed by atoms with van der Waals surface area (Å²) in [6, 6.07) is 6.64. The number of halogens is 2. The van der Waals surface area contributed by atoms with Gasteiger partial charge in [0.05, 0.1) is 24.0 Å². The maximum Gasteiger partial charge on any atom is 0.191 e. The summed E-state index contributed by atoms with van der Waals surface area (Å²) < 4.78 is 39.0. The molecule has 1 aliphatic carbocycles. The van der Waals surface area contributed by atoms with E-state index in [9.17, 15) is 12.8 Å². The number of nitrogens with zero attached hydrogens (tertiary/aromatic N) is 3. The Balaban J connectivity index is 0.00000320. The van der Waals surface area contributed by atoms with Crippen LogP contribution < -0.4 is 10.6 Å². The number of guanidine groups is 1. The summed E-state index contributed by atoms with van der Waals surface area (Å²) in [4.78, 5) is 4.18. The highest BCUT2D eigenvalue weighted by atomic mass is 127. The highest BCUT2D eigenvalue weighted by molar-refractivity contribution is 14.0. The molecule has 1 heterocycles. The zero-order valence-corrected chi connectivity index (χ0v) is 20.4. The summed E-state index contributed by atoms with van der Waals surface area (Å²) in [7, 11) is -1.57. The van der Waals surface area contributed by atoms with Crippen molar-refractivity contribution in [1.82, 2.24) is 20.4 Å². The van der Waals surface area contributed by atoms with Crippen molar-refractivity contribution in [3.05, 3.63) is 53.1 Å². The first kappa shape index (κ1) is 24.6. The van der Waals surface area contributed by atoms with Gasteiger partial charge in [-0.2, -0.15) is 5.10 Å². The highest BCUT2D eigenvalue weighted by Crippen LogP contribution is 2.28. The lowest BCUT2D eigenvalue weighted by molar-refractivity contribution is 0.462. The monoisotopic (exact) mass is 549 g/mol. The minimum absolute atomic E-state index is 0. The largest absolute Gasteiger partial charge is 0.352 e. The molecule has 2 aromatic rings. The summed E-state index contributed by atoms with van der Waals surface area (Å²) in [5.74, 6) is 0.00370. The van der Waals surface area contributed by atoms with Crippen molar-refractivity contribution in [3.8, 4) is 0 Å². The molecule has 1 aliphatic rings. The quantitative estimate of drug-likeness (QED) is 0.315. The second kappa shape index (κ2) is 11.1. The summed E-state index contributed by atoms with van der Waals surface area (Å²) in [6.45, 7) is 0.775. The molecular formula is C20H29FIN5O2S. The molecular weight excluding hydrogens is 520 g/mol. The molecule has 0 unspecified atom stereocenters. The number of aromatic nitrogens is 2. The van der Waals surface area contributed by atoms with Gasteiger partial charge in [0.1, 0.15) is 5.82 Å². The molecule has 1 aromatic heterocycles. The van der Waals surface area contributed by atoms with Crippen molar-refractivity contribution in [2.24, 2.45) is 4.99 Å². The van der Waals surface area contributed by atoms with E-state index >= 15 is 0 Å². The first-order valence-corrected chi connectivity index (χ1v) is 11.8.